The maximum absolute atomic E-state index is 13.3. The van der Waals surface area contributed by atoms with Crippen molar-refractivity contribution in [1.29, 1.82) is 0 Å². The fraction of sp³-hybridized carbons (Fsp3) is 0.361. The summed E-state index contributed by atoms with van der Waals surface area (Å²) < 4.78 is 8.08. The molecule has 3 aromatic carbocycles. The number of aromatic carboxylic acids is 1. The van der Waals surface area contributed by atoms with Crippen LogP contribution in [0.4, 0.5) is 0 Å². The van der Waals surface area contributed by atoms with Gasteiger partial charge in [0.15, 0.2) is 0 Å². The maximum atomic E-state index is 13.3. The van der Waals surface area contributed by atoms with Gasteiger partial charge in [-0.2, -0.15) is 0 Å². The van der Waals surface area contributed by atoms with E-state index in [2.05, 4.69) is 37.6 Å². The molecule has 1 atom stereocenters. The summed E-state index contributed by atoms with van der Waals surface area (Å²) in [4.78, 5) is 29.4. The van der Waals surface area contributed by atoms with Crippen molar-refractivity contribution in [2.24, 2.45) is 5.41 Å². The van der Waals surface area contributed by atoms with Gasteiger partial charge < -0.3 is 19.7 Å². The lowest BCUT2D eigenvalue weighted by atomic mass is 9.90. The molecule has 9 heteroatoms. The first kappa shape index (κ1) is 34.1. The molecular weight excluding hydrogens is 609 g/mol. The number of rotatable bonds is 14. The molecule has 0 aliphatic heterocycles. The molecule has 0 spiro atoms. The minimum atomic E-state index is -0.959. The van der Waals surface area contributed by atoms with Crippen LogP contribution < -0.4 is 10.1 Å². The number of ether oxygens (including phenoxy) is 1. The van der Waals surface area contributed by atoms with Gasteiger partial charge in [-0.3, -0.25) is 4.79 Å². The maximum Gasteiger partial charge on any atom is 0.335 e. The zero-order chi connectivity index (χ0) is 32.6. The highest BCUT2D eigenvalue weighted by Gasteiger charge is 2.24. The third-order valence-electron chi connectivity index (χ3n) is 7.49. The summed E-state index contributed by atoms with van der Waals surface area (Å²) in [6.07, 6.45) is 5.72. The standard InChI is InChI=1S/C36H41Cl2N3O4/c1-5-6-19-41-22-32(29-16-13-27(37)21-30(29)38)40-34(41)31(39-33(42)17-18-36(2,3)4)20-24-9-14-28(15-10-24)45-23-25-7-11-26(12-8-25)35(43)44/h7-16,21-22,31H,5-6,17-20,23H2,1-4H3,(H,39,42)(H,43,44)/t31-/m0/s1. The highest BCUT2D eigenvalue weighted by atomic mass is 35.5. The van der Waals surface area contributed by atoms with Crippen LogP contribution in [0.15, 0.2) is 72.9 Å². The van der Waals surface area contributed by atoms with Crippen molar-refractivity contribution in [2.45, 2.75) is 79.0 Å². The summed E-state index contributed by atoms with van der Waals surface area (Å²) in [6.45, 7) is 9.62. The zero-order valence-corrected chi connectivity index (χ0v) is 27.8. The highest BCUT2D eigenvalue weighted by molar-refractivity contribution is 6.36. The monoisotopic (exact) mass is 649 g/mol. The number of aryl methyl sites for hydroxylation is 1. The van der Waals surface area contributed by atoms with Gasteiger partial charge in [0.2, 0.25) is 5.91 Å². The smallest absolute Gasteiger partial charge is 0.335 e. The van der Waals surface area contributed by atoms with Gasteiger partial charge in [0.25, 0.3) is 0 Å². The summed E-state index contributed by atoms with van der Waals surface area (Å²) in [7, 11) is 0. The first-order valence-corrected chi connectivity index (χ1v) is 16.0. The Bertz CT molecular complexity index is 1590. The van der Waals surface area contributed by atoms with Crippen molar-refractivity contribution < 1.29 is 19.4 Å². The Morgan fingerprint density at radius 3 is 2.31 bits per heavy atom. The summed E-state index contributed by atoms with van der Waals surface area (Å²) in [5.74, 6) is 0.495. The summed E-state index contributed by atoms with van der Waals surface area (Å²) in [5.41, 5.74) is 3.69. The normalized spacial score (nSPS) is 12.1. The van der Waals surface area contributed by atoms with Gasteiger partial charge >= 0.3 is 5.97 Å². The molecule has 0 aliphatic carbocycles. The summed E-state index contributed by atoms with van der Waals surface area (Å²) in [5, 5.41) is 13.5. The number of nitrogens with one attached hydrogen (secondary N) is 1. The predicted molar refractivity (Wildman–Crippen MR) is 180 cm³/mol. The van der Waals surface area contributed by atoms with E-state index in [1.54, 1.807) is 36.4 Å². The van der Waals surface area contributed by atoms with E-state index in [0.717, 1.165) is 54.0 Å². The van der Waals surface area contributed by atoms with Gasteiger partial charge in [-0.25, -0.2) is 9.78 Å². The number of carboxylic acid groups (broad SMARTS) is 1. The lowest BCUT2D eigenvalue weighted by Gasteiger charge is -2.22. The molecule has 2 N–H and O–H groups in total. The van der Waals surface area contributed by atoms with Crippen LogP contribution in [0.5, 0.6) is 5.75 Å². The van der Waals surface area contributed by atoms with Crippen LogP contribution in [0.2, 0.25) is 10.0 Å². The second kappa shape index (κ2) is 15.5. The second-order valence-corrected chi connectivity index (χ2v) is 13.3. The quantitative estimate of drug-likeness (QED) is 0.142. The molecule has 0 unspecified atom stereocenters. The number of carbonyl (C=O) groups excluding carboxylic acids is 1. The van der Waals surface area contributed by atoms with E-state index >= 15 is 0 Å². The third-order valence-corrected chi connectivity index (χ3v) is 8.03. The molecule has 238 valence electrons. The Balaban J connectivity index is 1.57. The number of amides is 1. The van der Waals surface area contributed by atoms with Gasteiger partial charge in [-0.1, -0.05) is 81.6 Å². The van der Waals surface area contributed by atoms with Crippen LogP contribution in [-0.2, 0) is 24.4 Å². The lowest BCUT2D eigenvalue weighted by Crippen LogP contribution is -2.32. The molecule has 0 fully saturated rings. The van der Waals surface area contributed by atoms with E-state index in [4.69, 9.17) is 38.0 Å². The fourth-order valence-corrected chi connectivity index (χ4v) is 5.38. The predicted octanol–water partition coefficient (Wildman–Crippen LogP) is 9.16. The Morgan fingerprint density at radius 1 is 1.00 bits per heavy atom. The van der Waals surface area contributed by atoms with Crippen LogP contribution in [0.25, 0.3) is 11.3 Å². The van der Waals surface area contributed by atoms with Crippen LogP contribution in [-0.4, -0.2) is 26.5 Å². The molecule has 7 nitrogen and oxygen atoms in total. The Labute approximate surface area is 275 Å². The average Bonchev–Trinajstić information content (AvgIpc) is 3.42. The van der Waals surface area contributed by atoms with Crippen molar-refractivity contribution in [2.75, 3.05) is 0 Å². The topological polar surface area (TPSA) is 93.5 Å². The molecule has 4 aromatic rings. The van der Waals surface area contributed by atoms with Gasteiger partial charge in [0.05, 0.1) is 22.3 Å². The Hall–Kier alpha value is -3.81. The van der Waals surface area contributed by atoms with Crippen molar-refractivity contribution in [3.8, 4) is 17.0 Å². The number of halogens is 2. The van der Waals surface area contributed by atoms with E-state index in [9.17, 15) is 9.59 Å². The number of imidazole rings is 1. The summed E-state index contributed by atoms with van der Waals surface area (Å²) in [6, 6.07) is 19.4. The Kier molecular flexibility index (Phi) is 11.7. The molecule has 0 aliphatic rings. The van der Waals surface area contributed by atoms with Crippen molar-refractivity contribution in [3.05, 3.63) is 105 Å². The Morgan fingerprint density at radius 2 is 1.69 bits per heavy atom. The molecule has 4 rings (SSSR count). The number of carbonyl (C=O) groups is 2. The number of unbranched alkanes of at least 4 members (excludes halogenated alkanes) is 1. The molecule has 1 aromatic heterocycles. The molecule has 1 amide bonds. The van der Waals surface area contributed by atoms with Crippen LogP contribution in [0.1, 0.15) is 86.7 Å². The number of aromatic nitrogens is 2. The molecular formula is C36H41Cl2N3O4. The van der Waals surface area contributed by atoms with Gasteiger partial charge in [-0.15, -0.1) is 0 Å². The van der Waals surface area contributed by atoms with Crippen LogP contribution in [0.3, 0.4) is 0 Å². The summed E-state index contributed by atoms with van der Waals surface area (Å²) >= 11 is 12.7. The SMILES string of the molecule is CCCCn1cc(-c2ccc(Cl)cc2Cl)nc1[C@H](Cc1ccc(OCc2ccc(C(=O)O)cc2)cc1)NC(=O)CCC(C)(C)C. The third kappa shape index (κ3) is 10.1. The fourth-order valence-electron chi connectivity index (χ4n) is 4.87. The molecule has 0 saturated carbocycles. The first-order chi connectivity index (χ1) is 21.4. The first-order valence-electron chi connectivity index (χ1n) is 15.3. The van der Waals surface area contributed by atoms with E-state index in [0.29, 0.717) is 35.2 Å². The second-order valence-electron chi connectivity index (χ2n) is 12.5. The largest absolute Gasteiger partial charge is 0.489 e. The van der Waals surface area contributed by atoms with E-state index in [1.807, 2.05) is 36.5 Å². The van der Waals surface area contributed by atoms with Crippen LogP contribution >= 0.6 is 23.2 Å². The number of carboxylic acids is 1. The van der Waals surface area contributed by atoms with E-state index in [1.165, 1.54) is 0 Å². The molecule has 1 heterocycles. The molecule has 0 bridgehead atoms. The molecule has 0 radical (unpaired) electrons. The van der Waals surface area contributed by atoms with Gasteiger partial charge in [0.1, 0.15) is 18.2 Å². The zero-order valence-electron chi connectivity index (χ0n) is 26.3. The number of hydrogen-bond donors (Lipinski definition) is 2. The highest BCUT2D eigenvalue weighted by Crippen LogP contribution is 2.32. The van der Waals surface area contributed by atoms with Crippen molar-refractivity contribution >= 4 is 35.1 Å². The van der Waals surface area contributed by atoms with Gasteiger partial charge in [-0.05, 0) is 78.3 Å². The molecule has 0 saturated heterocycles. The number of hydrogen-bond acceptors (Lipinski definition) is 4. The van der Waals surface area contributed by atoms with E-state index in [-0.39, 0.29) is 22.9 Å². The van der Waals surface area contributed by atoms with Crippen LogP contribution in [0, 0.1) is 5.41 Å². The minimum absolute atomic E-state index is 0.0140. The lowest BCUT2D eigenvalue weighted by molar-refractivity contribution is -0.122. The number of nitrogens with zero attached hydrogens (tertiary/aromatic N) is 2. The van der Waals surface area contributed by atoms with Gasteiger partial charge in [0, 0.05) is 29.7 Å². The van der Waals surface area contributed by atoms with E-state index < -0.39 is 5.97 Å². The average molecular weight is 651 g/mol. The minimum Gasteiger partial charge on any atom is -0.489 e. The van der Waals surface area contributed by atoms with Crippen molar-refractivity contribution in [1.82, 2.24) is 14.9 Å². The molecule has 45 heavy (non-hydrogen) atoms. The van der Waals surface area contributed by atoms with Crippen molar-refractivity contribution in [3.63, 3.8) is 0 Å². The number of benzene rings is 3.